The molecule has 0 bridgehead atoms. The van der Waals surface area contributed by atoms with E-state index in [-0.39, 0.29) is 34.6 Å². The molecular formula is C23H43NTi. The quantitative estimate of drug-likeness (QED) is 0.275. The number of nitrogens with zero attached hydrogens (tertiary/aromatic N) is 1. The minimum absolute atomic E-state index is 0. The van der Waals surface area contributed by atoms with E-state index < -0.39 is 0 Å². The summed E-state index contributed by atoms with van der Waals surface area (Å²) in [6, 6.07) is 0. The van der Waals surface area contributed by atoms with Gasteiger partial charge in [0.25, 0.3) is 0 Å². The SMILES string of the molecule is [CH2-]C1=C(CCC)C(CCC)=C(CCC)C1(CCC)CCN(C)C.[CH3-].[Ti+2]. The van der Waals surface area contributed by atoms with Gasteiger partial charge < -0.3 is 12.3 Å². The molecule has 0 N–H and O–H groups in total. The van der Waals surface area contributed by atoms with Crippen LogP contribution in [0.2, 0.25) is 0 Å². The zero-order valence-corrected chi connectivity index (χ0v) is 19.8. The normalized spacial score (nSPS) is 20.1. The zero-order chi connectivity index (χ0) is 17.5. The first kappa shape index (κ1) is 27.2. The summed E-state index contributed by atoms with van der Waals surface area (Å²) in [5, 5.41) is 0. The van der Waals surface area contributed by atoms with Gasteiger partial charge in [0.15, 0.2) is 0 Å². The van der Waals surface area contributed by atoms with Crippen LogP contribution in [-0.2, 0) is 21.7 Å². The van der Waals surface area contributed by atoms with Crippen molar-refractivity contribution in [1.82, 2.24) is 4.90 Å². The van der Waals surface area contributed by atoms with E-state index in [1.54, 1.807) is 16.7 Å². The second-order valence-corrected chi connectivity index (χ2v) is 7.55. The number of hydrogen-bond donors (Lipinski definition) is 0. The van der Waals surface area contributed by atoms with E-state index in [0.717, 1.165) is 6.54 Å². The smallest absolute Gasteiger partial charge is 0.358 e. The van der Waals surface area contributed by atoms with Gasteiger partial charge in [-0.15, -0.1) is 5.57 Å². The molecule has 0 aromatic rings. The molecule has 0 radical (unpaired) electrons. The van der Waals surface area contributed by atoms with Crippen molar-refractivity contribution in [1.29, 1.82) is 0 Å². The Kier molecular flexibility index (Phi) is 14.4. The Hall–Kier alpha value is 0.0243. The molecule has 0 aromatic heterocycles. The van der Waals surface area contributed by atoms with E-state index >= 15 is 0 Å². The second-order valence-electron chi connectivity index (χ2n) is 7.55. The van der Waals surface area contributed by atoms with Gasteiger partial charge in [0.2, 0.25) is 0 Å². The van der Waals surface area contributed by atoms with Gasteiger partial charge in [-0.1, -0.05) is 65.4 Å². The van der Waals surface area contributed by atoms with Crippen molar-refractivity contribution in [3.8, 4) is 0 Å². The Morgan fingerprint density at radius 3 is 1.76 bits per heavy atom. The van der Waals surface area contributed by atoms with Crippen LogP contribution in [0.4, 0.5) is 0 Å². The van der Waals surface area contributed by atoms with Gasteiger partial charge in [-0.3, -0.25) is 0 Å². The summed E-state index contributed by atoms with van der Waals surface area (Å²) < 4.78 is 0. The van der Waals surface area contributed by atoms with Gasteiger partial charge in [0.05, 0.1) is 0 Å². The largest absolute Gasteiger partial charge is 2.00 e. The van der Waals surface area contributed by atoms with Gasteiger partial charge in [-0.05, 0) is 51.7 Å². The molecule has 1 unspecified atom stereocenters. The third-order valence-corrected chi connectivity index (χ3v) is 5.41. The van der Waals surface area contributed by atoms with Crippen molar-refractivity contribution >= 4 is 0 Å². The molecule has 0 saturated heterocycles. The van der Waals surface area contributed by atoms with Crippen molar-refractivity contribution in [2.75, 3.05) is 20.6 Å². The Bertz CT molecular complexity index is 433. The zero-order valence-electron chi connectivity index (χ0n) is 18.2. The van der Waals surface area contributed by atoms with Gasteiger partial charge >= 0.3 is 21.7 Å². The first-order valence-electron chi connectivity index (χ1n) is 9.91. The maximum atomic E-state index is 4.67. The van der Waals surface area contributed by atoms with Crippen molar-refractivity contribution < 1.29 is 21.7 Å². The molecule has 0 aliphatic heterocycles. The molecule has 0 amide bonds. The van der Waals surface area contributed by atoms with E-state index in [1.165, 1.54) is 63.4 Å². The summed E-state index contributed by atoms with van der Waals surface area (Å²) in [4.78, 5) is 2.34. The Labute approximate surface area is 174 Å². The van der Waals surface area contributed by atoms with Crippen LogP contribution in [0.15, 0.2) is 22.3 Å². The molecule has 0 heterocycles. The molecule has 1 atom stereocenters. The van der Waals surface area contributed by atoms with Crippen LogP contribution in [-0.4, -0.2) is 25.5 Å². The van der Waals surface area contributed by atoms with Crippen LogP contribution in [0, 0.1) is 19.8 Å². The topological polar surface area (TPSA) is 3.24 Å². The first-order valence-corrected chi connectivity index (χ1v) is 9.91. The summed E-state index contributed by atoms with van der Waals surface area (Å²) in [5.74, 6) is 0. The average Bonchev–Trinajstić information content (AvgIpc) is 2.71. The van der Waals surface area contributed by atoms with E-state index in [9.17, 15) is 0 Å². The molecule has 0 saturated carbocycles. The molecule has 1 rings (SSSR count). The first-order chi connectivity index (χ1) is 11.0. The molecule has 0 fully saturated rings. The number of allylic oxidation sites excluding steroid dienone is 4. The molecule has 144 valence electrons. The fraction of sp³-hybridized carbons (Fsp3) is 0.739. The predicted octanol–water partition coefficient (Wildman–Crippen LogP) is 7.01. The van der Waals surface area contributed by atoms with Gasteiger partial charge in [0.1, 0.15) is 0 Å². The standard InChI is InChI=1S/C22H40N.CH3.Ti/c1-8-12-19-18(5)22(15-11-4,16-17-23(6)7)21(14-10-3)20(19)13-9-2;;/h5,8-17H2,1-4,6-7H3;1H3;/q2*-1;+2. The van der Waals surface area contributed by atoms with E-state index in [0.29, 0.717) is 0 Å². The minimum atomic E-state index is 0. The van der Waals surface area contributed by atoms with E-state index in [2.05, 4.69) is 53.6 Å². The molecule has 0 spiro atoms. The summed E-state index contributed by atoms with van der Waals surface area (Å²) >= 11 is 0. The van der Waals surface area contributed by atoms with E-state index in [4.69, 9.17) is 0 Å². The molecular weight excluding hydrogens is 338 g/mol. The molecule has 0 aromatic carbocycles. The van der Waals surface area contributed by atoms with Crippen LogP contribution < -0.4 is 0 Å². The van der Waals surface area contributed by atoms with Crippen LogP contribution in [0.25, 0.3) is 0 Å². The number of hydrogen-bond acceptors (Lipinski definition) is 1. The molecule has 2 heteroatoms. The summed E-state index contributed by atoms with van der Waals surface area (Å²) in [6.07, 6.45) is 11.2. The third-order valence-electron chi connectivity index (χ3n) is 5.41. The summed E-state index contributed by atoms with van der Waals surface area (Å²) in [5.41, 5.74) is 6.83. The summed E-state index contributed by atoms with van der Waals surface area (Å²) in [7, 11) is 4.40. The number of rotatable bonds is 11. The second kappa shape index (κ2) is 13.2. The van der Waals surface area contributed by atoms with Gasteiger partial charge in [-0.2, -0.15) is 5.57 Å². The average molecular weight is 381 g/mol. The van der Waals surface area contributed by atoms with Crippen LogP contribution in [0.1, 0.15) is 85.5 Å². The maximum absolute atomic E-state index is 4.67. The maximum Gasteiger partial charge on any atom is 2.00 e. The van der Waals surface area contributed by atoms with Crippen LogP contribution in [0.3, 0.4) is 0 Å². The van der Waals surface area contributed by atoms with Gasteiger partial charge in [0, 0.05) is 0 Å². The van der Waals surface area contributed by atoms with Crippen molar-refractivity contribution in [3.63, 3.8) is 0 Å². The van der Waals surface area contributed by atoms with E-state index in [1.807, 2.05) is 0 Å². The Balaban J connectivity index is 0. The molecule has 1 aliphatic carbocycles. The fourth-order valence-electron chi connectivity index (χ4n) is 4.44. The minimum Gasteiger partial charge on any atom is -0.358 e. The van der Waals surface area contributed by atoms with Crippen molar-refractivity contribution in [3.05, 3.63) is 36.6 Å². The predicted molar refractivity (Wildman–Crippen MR) is 111 cm³/mol. The van der Waals surface area contributed by atoms with Gasteiger partial charge in [-0.25, -0.2) is 12.5 Å². The van der Waals surface area contributed by atoms with Crippen LogP contribution >= 0.6 is 0 Å². The Morgan fingerprint density at radius 1 is 0.800 bits per heavy atom. The van der Waals surface area contributed by atoms with Crippen molar-refractivity contribution in [2.45, 2.75) is 85.5 Å². The molecule has 25 heavy (non-hydrogen) atoms. The molecule has 1 nitrogen and oxygen atoms in total. The monoisotopic (exact) mass is 381 g/mol. The van der Waals surface area contributed by atoms with Crippen LogP contribution in [0.5, 0.6) is 0 Å². The van der Waals surface area contributed by atoms with Crippen molar-refractivity contribution in [2.24, 2.45) is 5.41 Å². The Morgan fingerprint density at radius 2 is 1.32 bits per heavy atom. The summed E-state index contributed by atoms with van der Waals surface area (Å²) in [6.45, 7) is 15.1. The molecule has 1 aliphatic rings. The third kappa shape index (κ3) is 6.30. The fourth-order valence-corrected chi connectivity index (χ4v) is 4.44.